The summed E-state index contributed by atoms with van der Waals surface area (Å²) in [7, 11) is 0. The van der Waals surface area contributed by atoms with Crippen molar-refractivity contribution in [2.45, 2.75) is 50.7 Å². The van der Waals surface area contributed by atoms with E-state index in [4.69, 9.17) is 4.74 Å². The van der Waals surface area contributed by atoms with Crippen LogP contribution in [-0.2, 0) is 4.74 Å². The van der Waals surface area contributed by atoms with Gasteiger partial charge in [-0.1, -0.05) is 0 Å². The van der Waals surface area contributed by atoms with Crippen molar-refractivity contribution in [2.75, 3.05) is 6.61 Å². The van der Waals surface area contributed by atoms with Gasteiger partial charge in [0.1, 0.15) is 5.82 Å². The van der Waals surface area contributed by atoms with Crippen LogP contribution in [0.4, 0.5) is 0 Å². The highest BCUT2D eigenvalue weighted by Crippen LogP contribution is 2.45. The van der Waals surface area contributed by atoms with Crippen LogP contribution >= 0.6 is 0 Å². The lowest BCUT2D eigenvalue weighted by Gasteiger charge is -2.47. The molecule has 1 aliphatic carbocycles. The molecule has 0 amide bonds. The number of rotatable bonds is 1. The highest BCUT2D eigenvalue weighted by molar-refractivity contribution is 4.99. The summed E-state index contributed by atoms with van der Waals surface area (Å²) in [5, 5.41) is 0. The molecule has 0 bridgehead atoms. The fourth-order valence-electron chi connectivity index (χ4n) is 2.93. The zero-order valence-corrected chi connectivity index (χ0v) is 9.28. The maximum Gasteiger partial charge on any atom is 0.105 e. The fraction of sp³-hybridized carbons (Fsp3) is 0.750. The molecule has 3 rings (SSSR count). The van der Waals surface area contributed by atoms with E-state index in [0.717, 1.165) is 18.9 Å². The molecule has 0 aromatic carbocycles. The van der Waals surface area contributed by atoms with Gasteiger partial charge < -0.3 is 9.30 Å². The Morgan fingerprint density at radius 3 is 3.00 bits per heavy atom. The molecule has 3 heteroatoms. The number of hydrogen-bond donors (Lipinski definition) is 0. The van der Waals surface area contributed by atoms with E-state index in [1.807, 2.05) is 6.20 Å². The van der Waals surface area contributed by atoms with Gasteiger partial charge in [-0.25, -0.2) is 4.98 Å². The second-order valence-corrected chi connectivity index (χ2v) is 4.91. The number of imidazole rings is 1. The maximum atomic E-state index is 5.94. The highest BCUT2D eigenvalue weighted by Gasteiger charge is 2.43. The number of ether oxygens (including phenoxy) is 1. The van der Waals surface area contributed by atoms with Gasteiger partial charge in [0.25, 0.3) is 0 Å². The summed E-state index contributed by atoms with van der Waals surface area (Å²) in [6.45, 7) is 3.01. The van der Waals surface area contributed by atoms with E-state index in [2.05, 4.69) is 22.7 Å². The monoisotopic (exact) mass is 206 g/mol. The van der Waals surface area contributed by atoms with Crippen molar-refractivity contribution in [3.8, 4) is 0 Å². The predicted octanol–water partition coefficient (Wildman–Crippen LogP) is 2.47. The van der Waals surface area contributed by atoms with Crippen LogP contribution in [0.15, 0.2) is 12.4 Å². The SMILES string of the molecule is Cc1nccn1C1CCOC2(CCC2)C1. The summed E-state index contributed by atoms with van der Waals surface area (Å²) in [6, 6.07) is 0.613. The van der Waals surface area contributed by atoms with E-state index in [-0.39, 0.29) is 5.60 Å². The molecule has 1 atom stereocenters. The Morgan fingerprint density at radius 1 is 1.53 bits per heavy atom. The van der Waals surface area contributed by atoms with Crippen LogP contribution in [0.3, 0.4) is 0 Å². The zero-order valence-electron chi connectivity index (χ0n) is 9.28. The van der Waals surface area contributed by atoms with Crippen molar-refractivity contribution in [3.05, 3.63) is 18.2 Å². The molecule has 15 heavy (non-hydrogen) atoms. The average molecular weight is 206 g/mol. The molecule has 1 aliphatic heterocycles. The smallest absolute Gasteiger partial charge is 0.105 e. The lowest BCUT2D eigenvalue weighted by Crippen LogP contribution is -2.45. The van der Waals surface area contributed by atoms with E-state index in [1.54, 1.807) is 0 Å². The Kier molecular flexibility index (Phi) is 2.09. The molecular formula is C12H18N2O. The Bertz CT molecular complexity index is 354. The van der Waals surface area contributed by atoms with Crippen molar-refractivity contribution in [1.82, 2.24) is 9.55 Å². The molecule has 0 radical (unpaired) electrons. The number of aryl methyl sites for hydroxylation is 1. The number of hydrogen-bond acceptors (Lipinski definition) is 2. The average Bonchev–Trinajstić information content (AvgIpc) is 2.62. The summed E-state index contributed by atoms with van der Waals surface area (Å²) in [6.07, 6.45) is 10.2. The minimum atomic E-state index is 0.236. The van der Waals surface area contributed by atoms with E-state index >= 15 is 0 Å². The van der Waals surface area contributed by atoms with Gasteiger partial charge in [0.2, 0.25) is 0 Å². The molecule has 0 N–H and O–H groups in total. The second-order valence-electron chi connectivity index (χ2n) is 4.91. The van der Waals surface area contributed by atoms with Crippen LogP contribution in [0.2, 0.25) is 0 Å². The largest absolute Gasteiger partial charge is 0.375 e. The minimum absolute atomic E-state index is 0.236. The summed E-state index contributed by atoms with van der Waals surface area (Å²) in [5.74, 6) is 1.14. The molecule has 2 heterocycles. The third-order valence-electron chi connectivity index (χ3n) is 3.99. The van der Waals surface area contributed by atoms with Crippen LogP contribution in [0, 0.1) is 6.92 Å². The van der Waals surface area contributed by atoms with Crippen molar-refractivity contribution in [1.29, 1.82) is 0 Å². The summed E-state index contributed by atoms with van der Waals surface area (Å²) in [5.41, 5.74) is 0.236. The third-order valence-corrected chi connectivity index (χ3v) is 3.99. The van der Waals surface area contributed by atoms with E-state index in [9.17, 15) is 0 Å². The molecule has 1 aromatic heterocycles. The van der Waals surface area contributed by atoms with Crippen molar-refractivity contribution in [2.24, 2.45) is 0 Å². The summed E-state index contributed by atoms with van der Waals surface area (Å²) >= 11 is 0. The molecule has 2 aliphatic rings. The lowest BCUT2D eigenvalue weighted by molar-refractivity contribution is -0.140. The first-order chi connectivity index (χ1) is 7.29. The van der Waals surface area contributed by atoms with Gasteiger partial charge in [0.05, 0.1) is 5.60 Å². The first kappa shape index (κ1) is 9.40. The normalized spacial score (nSPS) is 29.0. The van der Waals surface area contributed by atoms with Crippen LogP contribution < -0.4 is 0 Å². The highest BCUT2D eigenvalue weighted by atomic mass is 16.5. The Hall–Kier alpha value is -0.830. The quantitative estimate of drug-likeness (QED) is 0.705. The molecule has 3 nitrogen and oxygen atoms in total. The van der Waals surface area contributed by atoms with Gasteiger partial charge in [0, 0.05) is 25.0 Å². The van der Waals surface area contributed by atoms with Gasteiger partial charge in [-0.2, -0.15) is 0 Å². The molecular weight excluding hydrogens is 188 g/mol. The molecule has 82 valence electrons. The van der Waals surface area contributed by atoms with Crippen LogP contribution in [0.5, 0.6) is 0 Å². The topological polar surface area (TPSA) is 27.1 Å². The standard InChI is InChI=1S/C12H18N2O/c1-10-13-6-7-14(10)11-3-8-15-12(9-11)4-2-5-12/h6-7,11H,2-5,8-9H2,1H3. The third kappa shape index (κ3) is 1.49. The van der Waals surface area contributed by atoms with Crippen LogP contribution in [0.25, 0.3) is 0 Å². The summed E-state index contributed by atoms with van der Waals surface area (Å²) in [4.78, 5) is 4.31. The van der Waals surface area contributed by atoms with Gasteiger partial charge >= 0.3 is 0 Å². The molecule has 1 saturated heterocycles. The number of aromatic nitrogens is 2. The molecule has 1 unspecified atom stereocenters. The van der Waals surface area contributed by atoms with E-state index in [0.29, 0.717) is 6.04 Å². The Balaban J connectivity index is 1.79. The number of nitrogens with zero attached hydrogens (tertiary/aromatic N) is 2. The van der Waals surface area contributed by atoms with Gasteiger partial charge in [-0.15, -0.1) is 0 Å². The first-order valence-electron chi connectivity index (χ1n) is 5.93. The van der Waals surface area contributed by atoms with Gasteiger partial charge in [0.15, 0.2) is 0 Å². The molecule has 1 saturated carbocycles. The fourth-order valence-corrected chi connectivity index (χ4v) is 2.93. The van der Waals surface area contributed by atoms with E-state index < -0.39 is 0 Å². The predicted molar refractivity (Wildman–Crippen MR) is 57.8 cm³/mol. The maximum absolute atomic E-state index is 5.94. The molecule has 1 aromatic rings. The van der Waals surface area contributed by atoms with Crippen LogP contribution in [0.1, 0.15) is 44.0 Å². The zero-order chi connectivity index (χ0) is 10.3. The van der Waals surface area contributed by atoms with Crippen molar-refractivity contribution >= 4 is 0 Å². The van der Waals surface area contributed by atoms with Gasteiger partial charge in [-0.3, -0.25) is 0 Å². The molecule has 1 spiro atoms. The molecule has 2 fully saturated rings. The van der Waals surface area contributed by atoms with Gasteiger partial charge in [-0.05, 0) is 39.0 Å². The Morgan fingerprint density at radius 2 is 2.40 bits per heavy atom. The van der Waals surface area contributed by atoms with E-state index in [1.165, 1.54) is 25.7 Å². The summed E-state index contributed by atoms with van der Waals surface area (Å²) < 4.78 is 8.26. The van der Waals surface area contributed by atoms with Crippen molar-refractivity contribution < 1.29 is 4.74 Å². The minimum Gasteiger partial charge on any atom is -0.375 e. The Labute approximate surface area is 90.5 Å². The second kappa shape index (κ2) is 3.34. The van der Waals surface area contributed by atoms with Crippen LogP contribution in [-0.4, -0.2) is 21.8 Å². The lowest BCUT2D eigenvalue weighted by atomic mass is 9.74. The van der Waals surface area contributed by atoms with Crippen molar-refractivity contribution in [3.63, 3.8) is 0 Å². The first-order valence-corrected chi connectivity index (χ1v) is 5.93.